The Morgan fingerprint density at radius 2 is 2.06 bits per heavy atom. The largest absolute Gasteiger partial charge is 0.481 e. The Morgan fingerprint density at radius 3 is 2.67 bits per heavy atom. The highest BCUT2D eigenvalue weighted by Crippen LogP contribution is 2.46. The van der Waals surface area contributed by atoms with Gasteiger partial charge >= 0.3 is 5.97 Å². The van der Waals surface area contributed by atoms with Crippen LogP contribution < -0.4 is 0 Å². The lowest BCUT2D eigenvalue weighted by molar-refractivity contribution is -0.138. The Kier molecular flexibility index (Phi) is 3.66. The van der Waals surface area contributed by atoms with Crippen molar-refractivity contribution >= 4 is 11.5 Å². The first kappa shape index (κ1) is 12.6. The van der Waals surface area contributed by atoms with Crippen molar-refractivity contribution in [3.05, 3.63) is 54.1 Å². The molecule has 0 amide bonds. The van der Waals surface area contributed by atoms with E-state index in [1.54, 1.807) is 0 Å². The molecule has 0 fully saturated rings. The molecule has 1 atom stereocenters. The summed E-state index contributed by atoms with van der Waals surface area (Å²) in [6.07, 6.45) is 7.98. The zero-order valence-corrected chi connectivity index (χ0v) is 10.6. The molecule has 0 heterocycles. The molecule has 1 aromatic carbocycles. The Hall–Kier alpha value is -1.83. The van der Waals surface area contributed by atoms with E-state index >= 15 is 0 Å². The second kappa shape index (κ2) is 5.21. The van der Waals surface area contributed by atoms with E-state index in [2.05, 4.69) is 31.2 Å². The smallest absolute Gasteiger partial charge is 0.304 e. The minimum absolute atomic E-state index is 0.189. The molecule has 0 bridgehead atoms. The molecule has 0 saturated heterocycles. The molecule has 0 radical (unpaired) electrons. The van der Waals surface area contributed by atoms with Gasteiger partial charge in [0.05, 0.1) is 6.42 Å². The van der Waals surface area contributed by atoms with Crippen molar-refractivity contribution in [3.63, 3.8) is 0 Å². The van der Waals surface area contributed by atoms with Crippen molar-refractivity contribution in [2.24, 2.45) is 5.41 Å². The van der Waals surface area contributed by atoms with Crippen molar-refractivity contribution in [2.45, 2.75) is 26.2 Å². The Labute approximate surface area is 108 Å². The summed E-state index contributed by atoms with van der Waals surface area (Å²) in [4.78, 5) is 11.2. The molecule has 2 rings (SSSR count). The number of allylic oxidation sites excluding steroid dienone is 4. The van der Waals surface area contributed by atoms with E-state index in [1.807, 2.05) is 24.3 Å². The molecular formula is C16H18O2. The number of benzene rings is 1. The third-order valence-corrected chi connectivity index (χ3v) is 3.73. The average molecular weight is 242 g/mol. The number of rotatable bonds is 4. The Balaban J connectivity index is 2.43. The van der Waals surface area contributed by atoms with Gasteiger partial charge in [-0.25, -0.2) is 0 Å². The van der Waals surface area contributed by atoms with Crippen LogP contribution in [0.4, 0.5) is 0 Å². The Morgan fingerprint density at radius 1 is 1.33 bits per heavy atom. The molecule has 1 N–H and O–H groups in total. The second-order valence-electron chi connectivity index (χ2n) is 4.78. The summed E-state index contributed by atoms with van der Waals surface area (Å²) in [6.45, 7) is 2.07. The highest BCUT2D eigenvalue weighted by molar-refractivity contribution is 5.79. The predicted octanol–water partition coefficient (Wildman–Crippen LogP) is 3.90. The van der Waals surface area contributed by atoms with Gasteiger partial charge in [0.2, 0.25) is 0 Å². The lowest BCUT2D eigenvalue weighted by Crippen LogP contribution is -2.26. The number of hydrogen-bond donors (Lipinski definition) is 1. The van der Waals surface area contributed by atoms with Crippen LogP contribution in [0.1, 0.15) is 31.7 Å². The van der Waals surface area contributed by atoms with Gasteiger partial charge < -0.3 is 5.11 Å². The summed E-state index contributed by atoms with van der Waals surface area (Å²) in [5.74, 6) is -0.728. The molecule has 0 aliphatic heterocycles. The lowest BCUT2D eigenvalue weighted by Gasteiger charge is -2.35. The van der Waals surface area contributed by atoms with E-state index < -0.39 is 5.97 Å². The molecule has 0 spiro atoms. The molecular weight excluding hydrogens is 224 g/mol. The van der Waals surface area contributed by atoms with Crippen LogP contribution in [-0.2, 0) is 4.79 Å². The summed E-state index contributed by atoms with van der Waals surface area (Å²) in [5, 5.41) is 9.18. The van der Waals surface area contributed by atoms with Crippen LogP contribution in [0.2, 0.25) is 0 Å². The maximum atomic E-state index is 11.2. The highest BCUT2D eigenvalue weighted by Gasteiger charge is 2.35. The van der Waals surface area contributed by atoms with Gasteiger partial charge in [0.25, 0.3) is 0 Å². The van der Waals surface area contributed by atoms with Gasteiger partial charge in [0.1, 0.15) is 0 Å². The minimum atomic E-state index is -0.728. The number of aliphatic carboxylic acids is 1. The summed E-state index contributed by atoms with van der Waals surface area (Å²) in [6, 6.07) is 10.1. The van der Waals surface area contributed by atoms with Crippen molar-refractivity contribution in [1.29, 1.82) is 0 Å². The second-order valence-corrected chi connectivity index (χ2v) is 4.78. The first-order chi connectivity index (χ1) is 8.68. The molecule has 0 aromatic heterocycles. The van der Waals surface area contributed by atoms with Crippen molar-refractivity contribution in [1.82, 2.24) is 0 Å². The predicted molar refractivity (Wildman–Crippen MR) is 73.2 cm³/mol. The summed E-state index contributed by atoms with van der Waals surface area (Å²) < 4.78 is 0. The van der Waals surface area contributed by atoms with E-state index in [-0.39, 0.29) is 11.8 Å². The molecule has 0 saturated carbocycles. The Bertz CT molecular complexity index is 485. The third kappa shape index (κ3) is 2.37. The van der Waals surface area contributed by atoms with Crippen LogP contribution in [0.15, 0.2) is 48.6 Å². The van der Waals surface area contributed by atoms with E-state index in [1.165, 1.54) is 0 Å². The number of carboxylic acid groups (broad SMARTS) is 1. The zero-order chi connectivity index (χ0) is 13.0. The molecule has 1 aliphatic rings. The van der Waals surface area contributed by atoms with Crippen LogP contribution in [0.25, 0.3) is 5.57 Å². The van der Waals surface area contributed by atoms with Gasteiger partial charge in [0.15, 0.2) is 0 Å². The fourth-order valence-electron chi connectivity index (χ4n) is 2.68. The molecule has 1 aliphatic carbocycles. The number of hydrogen-bond acceptors (Lipinski definition) is 1. The van der Waals surface area contributed by atoms with Crippen molar-refractivity contribution < 1.29 is 9.90 Å². The van der Waals surface area contributed by atoms with Gasteiger partial charge in [-0.1, -0.05) is 55.5 Å². The summed E-state index contributed by atoms with van der Waals surface area (Å²) in [7, 11) is 0. The van der Waals surface area contributed by atoms with Crippen LogP contribution in [-0.4, -0.2) is 11.1 Å². The third-order valence-electron chi connectivity index (χ3n) is 3.73. The summed E-state index contributed by atoms with van der Waals surface area (Å²) >= 11 is 0. The first-order valence-electron chi connectivity index (χ1n) is 6.32. The molecule has 1 unspecified atom stereocenters. The van der Waals surface area contributed by atoms with Crippen LogP contribution >= 0.6 is 0 Å². The van der Waals surface area contributed by atoms with Gasteiger partial charge in [-0.05, 0) is 24.0 Å². The van der Waals surface area contributed by atoms with Crippen molar-refractivity contribution in [3.8, 4) is 0 Å². The fourth-order valence-corrected chi connectivity index (χ4v) is 2.68. The zero-order valence-electron chi connectivity index (χ0n) is 10.6. The summed E-state index contributed by atoms with van der Waals surface area (Å²) in [5.41, 5.74) is 2.02. The maximum Gasteiger partial charge on any atom is 0.304 e. The number of carbonyl (C=O) groups is 1. The molecule has 18 heavy (non-hydrogen) atoms. The SMILES string of the molecule is CCC1(CC(=O)O)CC=CC=C1c1ccccc1. The normalized spacial score (nSPS) is 22.6. The average Bonchev–Trinajstić information content (AvgIpc) is 2.39. The van der Waals surface area contributed by atoms with Gasteiger partial charge in [0, 0.05) is 5.41 Å². The molecule has 2 heteroatoms. The van der Waals surface area contributed by atoms with Gasteiger partial charge in [-0.15, -0.1) is 0 Å². The number of carboxylic acids is 1. The van der Waals surface area contributed by atoms with Gasteiger partial charge in [-0.2, -0.15) is 0 Å². The standard InChI is InChI=1S/C16H18O2/c1-2-16(12-15(17)18)11-7-6-10-14(16)13-8-4-3-5-9-13/h3-10H,2,11-12H2,1H3,(H,17,18). The van der Waals surface area contributed by atoms with Crippen LogP contribution in [0, 0.1) is 5.41 Å². The molecule has 1 aromatic rings. The monoisotopic (exact) mass is 242 g/mol. The molecule has 94 valence electrons. The minimum Gasteiger partial charge on any atom is -0.481 e. The van der Waals surface area contributed by atoms with Gasteiger partial charge in [-0.3, -0.25) is 4.79 Å². The quantitative estimate of drug-likeness (QED) is 0.869. The van der Waals surface area contributed by atoms with E-state index in [4.69, 9.17) is 0 Å². The van der Waals surface area contributed by atoms with E-state index in [0.717, 1.165) is 24.0 Å². The first-order valence-corrected chi connectivity index (χ1v) is 6.32. The van der Waals surface area contributed by atoms with Crippen LogP contribution in [0.5, 0.6) is 0 Å². The van der Waals surface area contributed by atoms with Crippen molar-refractivity contribution in [2.75, 3.05) is 0 Å². The topological polar surface area (TPSA) is 37.3 Å². The van der Waals surface area contributed by atoms with Crippen LogP contribution in [0.3, 0.4) is 0 Å². The highest BCUT2D eigenvalue weighted by atomic mass is 16.4. The van der Waals surface area contributed by atoms with E-state index in [9.17, 15) is 9.90 Å². The lowest BCUT2D eigenvalue weighted by atomic mass is 9.68. The fraction of sp³-hybridized carbons (Fsp3) is 0.312. The maximum absolute atomic E-state index is 11.2. The van der Waals surface area contributed by atoms with E-state index in [0.29, 0.717) is 0 Å². The molecule has 2 nitrogen and oxygen atoms in total.